The van der Waals surface area contributed by atoms with E-state index in [4.69, 9.17) is 0 Å². The molecule has 9 heteroatoms. The predicted octanol–water partition coefficient (Wildman–Crippen LogP) is 2.00. The van der Waals surface area contributed by atoms with Gasteiger partial charge in [0.25, 0.3) is 11.4 Å². The predicted molar refractivity (Wildman–Crippen MR) is 64.3 cm³/mol. The van der Waals surface area contributed by atoms with Gasteiger partial charge in [-0.25, -0.2) is 4.39 Å². The third kappa shape index (κ3) is 2.99. The average molecular weight is 284 g/mol. The molecule has 0 spiro atoms. The van der Waals surface area contributed by atoms with Gasteiger partial charge in [0.2, 0.25) is 12.0 Å². The van der Waals surface area contributed by atoms with Crippen molar-refractivity contribution in [2.75, 3.05) is 0 Å². The van der Waals surface area contributed by atoms with Gasteiger partial charge in [0.1, 0.15) is 5.56 Å². The Morgan fingerprint density at radius 2 is 1.85 bits per heavy atom. The van der Waals surface area contributed by atoms with Crippen LogP contribution < -0.4 is 0 Å². The lowest BCUT2D eigenvalue weighted by atomic mass is 10.0. The maximum absolute atomic E-state index is 13.6. The number of carbonyl (C=O) groups is 2. The Kier molecular flexibility index (Phi) is 4.57. The van der Waals surface area contributed by atoms with Gasteiger partial charge in [-0.2, -0.15) is 0 Å². The molecule has 0 radical (unpaired) electrons. The third-order valence-electron chi connectivity index (χ3n) is 2.51. The van der Waals surface area contributed by atoms with E-state index < -0.39 is 44.5 Å². The van der Waals surface area contributed by atoms with Crippen molar-refractivity contribution >= 4 is 22.9 Å². The van der Waals surface area contributed by atoms with Gasteiger partial charge >= 0.3 is 0 Å². The Labute approximate surface area is 111 Å². The van der Waals surface area contributed by atoms with Crippen molar-refractivity contribution in [1.82, 2.24) is 0 Å². The summed E-state index contributed by atoms with van der Waals surface area (Å²) in [6.45, 7) is 1.32. The number of alkyl halides is 1. The highest BCUT2D eigenvalue weighted by Gasteiger charge is 2.32. The Hall–Kier alpha value is -2.71. The fourth-order valence-corrected chi connectivity index (χ4v) is 1.46. The van der Waals surface area contributed by atoms with E-state index in [1.54, 1.807) is 0 Å². The maximum Gasteiger partial charge on any atom is 0.280 e. The van der Waals surface area contributed by atoms with E-state index in [-0.39, 0.29) is 6.42 Å². The highest BCUT2D eigenvalue weighted by atomic mass is 19.1. The normalized spacial score (nSPS) is 11.7. The van der Waals surface area contributed by atoms with Gasteiger partial charge in [0.15, 0.2) is 5.78 Å². The number of carbonyl (C=O) groups excluding carboxylic acids is 2. The molecule has 0 heterocycles. The molecule has 0 aromatic heterocycles. The van der Waals surface area contributed by atoms with E-state index >= 15 is 0 Å². The van der Waals surface area contributed by atoms with Gasteiger partial charge in [0, 0.05) is 24.6 Å². The minimum absolute atomic E-state index is 0.268. The van der Waals surface area contributed by atoms with E-state index in [1.165, 1.54) is 6.92 Å². The highest BCUT2D eigenvalue weighted by molar-refractivity contribution is 6.15. The first-order chi connectivity index (χ1) is 9.29. The van der Waals surface area contributed by atoms with E-state index in [2.05, 4.69) is 0 Å². The summed E-state index contributed by atoms with van der Waals surface area (Å²) in [6.07, 6.45) is -2.84. The highest BCUT2D eigenvalue weighted by Crippen LogP contribution is 2.26. The number of hydrogen-bond acceptors (Lipinski definition) is 6. The minimum atomic E-state index is -2.57. The first-order valence-corrected chi connectivity index (χ1v) is 5.43. The monoisotopic (exact) mass is 284 g/mol. The number of nitro groups is 2. The summed E-state index contributed by atoms with van der Waals surface area (Å²) in [6, 6.07) is 2.15. The molecule has 1 unspecified atom stereocenters. The Morgan fingerprint density at radius 3 is 2.30 bits per heavy atom. The van der Waals surface area contributed by atoms with Crippen LogP contribution in [-0.4, -0.2) is 27.6 Å². The summed E-state index contributed by atoms with van der Waals surface area (Å²) in [5, 5.41) is 21.3. The molecule has 0 bridgehead atoms. The van der Waals surface area contributed by atoms with E-state index in [0.717, 1.165) is 12.1 Å². The minimum Gasteiger partial charge on any atom is -0.296 e. The number of benzene rings is 1. The number of nitrogens with zero attached hydrogens (tertiary/aromatic N) is 2. The van der Waals surface area contributed by atoms with Crippen LogP contribution in [-0.2, 0) is 4.79 Å². The molecule has 0 aliphatic carbocycles. The molecule has 1 rings (SSSR count). The number of hydrogen-bond donors (Lipinski definition) is 0. The molecule has 0 saturated carbocycles. The number of halogens is 1. The first kappa shape index (κ1) is 15.3. The fourth-order valence-electron chi connectivity index (χ4n) is 1.46. The van der Waals surface area contributed by atoms with Gasteiger partial charge in [-0.3, -0.25) is 29.8 Å². The molecule has 1 atom stereocenters. The van der Waals surface area contributed by atoms with E-state index in [0.29, 0.717) is 6.07 Å². The zero-order valence-electron chi connectivity index (χ0n) is 10.2. The lowest BCUT2D eigenvalue weighted by Gasteiger charge is -2.05. The lowest BCUT2D eigenvalue weighted by Crippen LogP contribution is -2.26. The summed E-state index contributed by atoms with van der Waals surface area (Å²) in [7, 11) is 0. The van der Waals surface area contributed by atoms with Crippen LogP contribution in [0.4, 0.5) is 15.8 Å². The SMILES string of the molecule is CCC(=O)C(F)C(=O)c1cc([N+](=O)[O-])ccc1[N+](=O)[O-]. The molecule has 106 valence electrons. The van der Waals surface area contributed by atoms with Crippen LogP contribution in [0.15, 0.2) is 18.2 Å². The van der Waals surface area contributed by atoms with Crippen molar-refractivity contribution in [3.05, 3.63) is 44.0 Å². The number of Topliss-reactive ketones (excluding diaryl/α,β-unsaturated/α-hetero) is 2. The molecule has 0 N–H and O–H groups in total. The van der Waals surface area contributed by atoms with Crippen molar-refractivity contribution in [2.24, 2.45) is 0 Å². The lowest BCUT2D eigenvalue weighted by molar-refractivity contribution is -0.389. The average Bonchev–Trinajstić information content (AvgIpc) is 2.43. The van der Waals surface area contributed by atoms with Gasteiger partial charge in [-0.15, -0.1) is 0 Å². The van der Waals surface area contributed by atoms with Crippen LogP contribution >= 0.6 is 0 Å². The molecule has 0 aliphatic rings. The van der Waals surface area contributed by atoms with Crippen LogP contribution in [0.1, 0.15) is 23.7 Å². The third-order valence-corrected chi connectivity index (χ3v) is 2.51. The number of rotatable bonds is 6. The summed E-state index contributed by atoms with van der Waals surface area (Å²) in [5.74, 6) is -2.50. The maximum atomic E-state index is 13.6. The van der Waals surface area contributed by atoms with Crippen LogP contribution in [0, 0.1) is 20.2 Å². The Balaban J connectivity index is 3.36. The zero-order valence-corrected chi connectivity index (χ0v) is 10.2. The quantitative estimate of drug-likeness (QED) is 0.341. The van der Waals surface area contributed by atoms with E-state index in [9.17, 15) is 34.2 Å². The first-order valence-electron chi connectivity index (χ1n) is 5.43. The zero-order chi connectivity index (χ0) is 15.4. The van der Waals surface area contributed by atoms with Crippen molar-refractivity contribution in [1.29, 1.82) is 0 Å². The Morgan fingerprint density at radius 1 is 1.25 bits per heavy atom. The number of non-ortho nitro benzene ring substituents is 1. The topological polar surface area (TPSA) is 120 Å². The molecule has 0 aliphatic heterocycles. The summed E-state index contributed by atoms with van der Waals surface area (Å²) in [4.78, 5) is 42.3. The molecule has 20 heavy (non-hydrogen) atoms. The largest absolute Gasteiger partial charge is 0.296 e. The van der Waals surface area contributed by atoms with Crippen LogP contribution in [0.5, 0.6) is 0 Å². The van der Waals surface area contributed by atoms with Gasteiger partial charge in [0.05, 0.1) is 9.85 Å². The van der Waals surface area contributed by atoms with Gasteiger partial charge < -0.3 is 0 Å². The standard InChI is InChI=1S/C11H9FN2O6/c1-2-9(15)10(12)11(16)7-5-6(13(17)18)3-4-8(7)14(19)20/h3-5,10H,2H2,1H3. The van der Waals surface area contributed by atoms with Crippen molar-refractivity contribution in [3.8, 4) is 0 Å². The molecular formula is C11H9FN2O6. The van der Waals surface area contributed by atoms with Crippen molar-refractivity contribution in [2.45, 2.75) is 19.5 Å². The molecule has 1 aromatic carbocycles. The molecular weight excluding hydrogens is 275 g/mol. The van der Waals surface area contributed by atoms with Crippen LogP contribution in [0.2, 0.25) is 0 Å². The second-order valence-electron chi connectivity index (χ2n) is 3.76. The molecule has 0 amide bonds. The number of ketones is 2. The summed E-state index contributed by atoms with van der Waals surface area (Å²) in [5.41, 5.74) is -2.18. The number of nitro benzene ring substituents is 2. The Bertz CT molecular complexity index is 601. The molecule has 8 nitrogen and oxygen atoms in total. The summed E-state index contributed by atoms with van der Waals surface area (Å²) >= 11 is 0. The summed E-state index contributed by atoms with van der Waals surface area (Å²) < 4.78 is 13.6. The van der Waals surface area contributed by atoms with Crippen molar-refractivity contribution < 1.29 is 23.8 Å². The van der Waals surface area contributed by atoms with Gasteiger partial charge in [-0.05, 0) is 0 Å². The van der Waals surface area contributed by atoms with Crippen LogP contribution in [0.25, 0.3) is 0 Å². The van der Waals surface area contributed by atoms with Gasteiger partial charge in [-0.1, -0.05) is 6.92 Å². The molecule has 0 fully saturated rings. The fraction of sp³-hybridized carbons (Fsp3) is 0.273. The second kappa shape index (κ2) is 5.95. The van der Waals surface area contributed by atoms with E-state index in [1.807, 2.05) is 0 Å². The molecule has 1 aromatic rings. The van der Waals surface area contributed by atoms with Crippen molar-refractivity contribution in [3.63, 3.8) is 0 Å². The molecule has 0 saturated heterocycles. The second-order valence-corrected chi connectivity index (χ2v) is 3.76. The smallest absolute Gasteiger partial charge is 0.280 e. The van der Waals surface area contributed by atoms with Crippen LogP contribution in [0.3, 0.4) is 0 Å².